The molecule has 1 N–H and O–H groups in total. The maximum Gasteiger partial charge on any atom is 0.422 e. The van der Waals surface area contributed by atoms with Crippen molar-refractivity contribution in [1.29, 1.82) is 0 Å². The van der Waals surface area contributed by atoms with Crippen LogP contribution in [0.25, 0.3) is 5.69 Å². The van der Waals surface area contributed by atoms with Crippen LogP contribution >= 0.6 is 11.6 Å². The Labute approximate surface area is 182 Å². The number of para-hydroxylation sites is 1. The fourth-order valence-electron chi connectivity index (χ4n) is 2.84. The predicted octanol–water partition coefficient (Wildman–Crippen LogP) is 4.53. The van der Waals surface area contributed by atoms with Crippen molar-refractivity contribution in [2.45, 2.75) is 25.9 Å². The monoisotopic (exact) mass is 452 g/mol. The molecule has 6 nitrogen and oxygen atoms in total. The van der Waals surface area contributed by atoms with E-state index >= 15 is 0 Å². The van der Waals surface area contributed by atoms with Gasteiger partial charge in [0.05, 0.1) is 16.9 Å². The molecule has 0 aliphatic carbocycles. The quantitative estimate of drug-likeness (QED) is 0.510. The number of ether oxygens (including phenoxy) is 1. The molecule has 0 atom stereocenters. The number of halogens is 4. The zero-order valence-corrected chi connectivity index (χ0v) is 17.4. The van der Waals surface area contributed by atoms with E-state index in [9.17, 15) is 18.0 Å². The van der Waals surface area contributed by atoms with Crippen LogP contribution < -0.4 is 10.1 Å². The lowest BCUT2D eigenvalue weighted by Gasteiger charge is -2.10. The second-order valence-electron chi connectivity index (χ2n) is 6.79. The van der Waals surface area contributed by atoms with Crippen molar-refractivity contribution in [1.82, 2.24) is 20.1 Å². The molecule has 0 unspecified atom stereocenters. The normalized spacial score (nSPS) is 11.4. The lowest BCUT2D eigenvalue weighted by Crippen LogP contribution is -2.25. The van der Waals surface area contributed by atoms with Crippen molar-refractivity contribution in [3.05, 3.63) is 70.6 Å². The van der Waals surface area contributed by atoms with Gasteiger partial charge in [-0.2, -0.15) is 18.3 Å². The molecular formula is C21H20ClF3N4O2. The molecule has 31 heavy (non-hydrogen) atoms. The van der Waals surface area contributed by atoms with E-state index in [1.165, 1.54) is 6.07 Å². The highest BCUT2D eigenvalue weighted by Crippen LogP contribution is 2.25. The molecule has 0 aliphatic rings. The lowest BCUT2D eigenvalue weighted by molar-refractivity contribution is -0.154. The minimum atomic E-state index is -4.50. The summed E-state index contributed by atoms with van der Waals surface area (Å²) in [6, 6.07) is 11.0. The van der Waals surface area contributed by atoms with Crippen LogP contribution in [0, 0.1) is 6.92 Å². The van der Waals surface area contributed by atoms with Crippen LogP contribution in [-0.2, 0) is 6.42 Å². The molecule has 1 aromatic carbocycles. The number of hydrogen-bond donors (Lipinski definition) is 1. The largest absolute Gasteiger partial charge is 0.467 e. The molecule has 0 aliphatic heterocycles. The first-order valence-corrected chi connectivity index (χ1v) is 9.84. The van der Waals surface area contributed by atoms with Crippen molar-refractivity contribution >= 4 is 17.5 Å². The number of hydrogen-bond acceptors (Lipinski definition) is 4. The van der Waals surface area contributed by atoms with Crippen LogP contribution in [0.4, 0.5) is 13.2 Å². The minimum absolute atomic E-state index is 0.137. The van der Waals surface area contributed by atoms with Crippen LogP contribution in [0.2, 0.25) is 5.02 Å². The van der Waals surface area contributed by atoms with Crippen molar-refractivity contribution in [2.24, 2.45) is 0 Å². The summed E-state index contributed by atoms with van der Waals surface area (Å²) in [5, 5.41) is 7.09. The fraction of sp³-hybridized carbons (Fsp3) is 0.286. The van der Waals surface area contributed by atoms with E-state index in [1.807, 2.05) is 48.1 Å². The summed E-state index contributed by atoms with van der Waals surface area (Å²) >= 11 is 5.87. The Kier molecular flexibility index (Phi) is 7.17. The Balaban J connectivity index is 1.49. The molecule has 0 saturated carbocycles. The third-order valence-electron chi connectivity index (χ3n) is 4.37. The number of nitrogens with one attached hydrogen (secondary N) is 1. The molecule has 10 heteroatoms. The van der Waals surface area contributed by atoms with E-state index in [4.69, 9.17) is 11.6 Å². The summed E-state index contributed by atoms with van der Waals surface area (Å²) in [5.74, 6) is -0.796. The van der Waals surface area contributed by atoms with Crippen LogP contribution in [0.3, 0.4) is 0 Å². The maximum atomic E-state index is 12.2. The highest BCUT2D eigenvalue weighted by atomic mass is 35.5. The van der Waals surface area contributed by atoms with Gasteiger partial charge in [0.1, 0.15) is 5.02 Å². The first-order chi connectivity index (χ1) is 14.7. The van der Waals surface area contributed by atoms with Gasteiger partial charge in [-0.25, -0.2) is 9.67 Å². The van der Waals surface area contributed by atoms with E-state index in [0.717, 1.165) is 29.6 Å². The molecule has 3 rings (SSSR count). The van der Waals surface area contributed by atoms with Gasteiger partial charge >= 0.3 is 6.18 Å². The number of rotatable bonds is 8. The summed E-state index contributed by atoms with van der Waals surface area (Å²) in [7, 11) is 0. The molecule has 0 fully saturated rings. The lowest BCUT2D eigenvalue weighted by atomic mass is 10.1. The third kappa shape index (κ3) is 6.45. The minimum Gasteiger partial charge on any atom is -0.467 e. The molecule has 0 radical (unpaired) electrons. The summed E-state index contributed by atoms with van der Waals surface area (Å²) in [6.07, 6.45) is -0.00298. The Morgan fingerprint density at radius 3 is 2.68 bits per heavy atom. The molecule has 2 heterocycles. The number of carbonyl (C=O) groups is 1. The number of nitrogens with zero attached hydrogens (tertiary/aromatic N) is 3. The van der Waals surface area contributed by atoms with Gasteiger partial charge in [0.15, 0.2) is 6.61 Å². The fourth-order valence-corrected chi connectivity index (χ4v) is 3.06. The average molecular weight is 453 g/mol. The van der Waals surface area contributed by atoms with Gasteiger partial charge in [-0.1, -0.05) is 29.8 Å². The number of benzene rings is 1. The van der Waals surface area contributed by atoms with E-state index < -0.39 is 18.7 Å². The van der Waals surface area contributed by atoms with E-state index in [2.05, 4.69) is 20.1 Å². The van der Waals surface area contributed by atoms with E-state index in [1.54, 1.807) is 0 Å². The van der Waals surface area contributed by atoms with Crippen molar-refractivity contribution in [3.8, 4) is 11.6 Å². The molecule has 164 valence electrons. The summed E-state index contributed by atoms with van der Waals surface area (Å²) < 4.78 is 43.0. The third-order valence-corrected chi connectivity index (χ3v) is 4.64. The molecule has 1 amide bonds. The van der Waals surface area contributed by atoms with Crippen LogP contribution in [0.15, 0.2) is 48.8 Å². The molecule has 0 spiro atoms. The van der Waals surface area contributed by atoms with Crippen LogP contribution in [0.5, 0.6) is 5.88 Å². The molecule has 3 aromatic rings. The zero-order chi connectivity index (χ0) is 22.4. The Hall–Kier alpha value is -3.07. The van der Waals surface area contributed by atoms with Gasteiger partial charge in [0.2, 0.25) is 5.88 Å². The van der Waals surface area contributed by atoms with Crippen molar-refractivity contribution < 1.29 is 22.7 Å². The van der Waals surface area contributed by atoms with Gasteiger partial charge in [-0.05, 0) is 43.5 Å². The summed E-state index contributed by atoms with van der Waals surface area (Å²) in [6.45, 7) is 0.827. The van der Waals surface area contributed by atoms with E-state index in [-0.39, 0.29) is 16.5 Å². The second-order valence-corrected chi connectivity index (χ2v) is 7.20. The number of aryl methyl sites for hydroxylation is 2. The van der Waals surface area contributed by atoms with Crippen molar-refractivity contribution in [3.63, 3.8) is 0 Å². The zero-order valence-electron chi connectivity index (χ0n) is 16.6. The number of alkyl halides is 3. The Bertz CT molecular complexity index is 1040. The van der Waals surface area contributed by atoms with Gasteiger partial charge in [-0.3, -0.25) is 4.79 Å². The number of pyridine rings is 1. The maximum absolute atomic E-state index is 12.2. The van der Waals surface area contributed by atoms with Crippen LogP contribution in [0.1, 0.15) is 28.0 Å². The highest BCUT2D eigenvalue weighted by Gasteiger charge is 2.29. The highest BCUT2D eigenvalue weighted by molar-refractivity contribution is 6.32. The Morgan fingerprint density at radius 2 is 2.00 bits per heavy atom. The van der Waals surface area contributed by atoms with Crippen molar-refractivity contribution in [2.75, 3.05) is 13.2 Å². The van der Waals surface area contributed by atoms with Gasteiger partial charge < -0.3 is 10.1 Å². The van der Waals surface area contributed by atoms with Gasteiger partial charge in [-0.15, -0.1) is 0 Å². The average Bonchev–Trinajstić information content (AvgIpc) is 3.10. The summed E-state index contributed by atoms with van der Waals surface area (Å²) in [5.41, 5.74) is 3.10. The molecular weight excluding hydrogens is 433 g/mol. The standard InChI is InChI=1S/C21H20ClF3N4O2/c1-14-15(12-29(28-14)17-7-3-2-4-8-17)6-5-9-26-19(30)16-10-18(22)20(27-11-16)31-13-21(23,24)25/h2-4,7-8,10-12H,5-6,9,13H2,1H3,(H,26,30). The first kappa shape index (κ1) is 22.6. The van der Waals surface area contributed by atoms with Gasteiger partial charge in [0, 0.05) is 18.9 Å². The van der Waals surface area contributed by atoms with Gasteiger partial charge in [0.25, 0.3) is 5.91 Å². The topological polar surface area (TPSA) is 69.0 Å². The first-order valence-electron chi connectivity index (χ1n) is 9.47. The summed E-state index contributed by atoms with van der Waals surface area (Å²) in [4.78, 5) is 15.9. The number of amides is 1. The number of aromatic nitrogens is 3. The molecule has 0 bridgehead atoms. The molecule has 2 aromatic heterocycles. The predicted molar refractivity (Wildman–Crippen MR) is 110 cm³/mol. The number of carbonyl (C=O) groups excluding carboxylic acids is 1. The Morgan fingerprint density at radius 1 is 1.26 bits per heavy atom. The molecule has 0 saturated heterocycles. The van der Waals surface area contributed by atoms with Crippen LogP contribution in [-0.4, -0.2) is 40.0 Å². The SMILES string of the molecule is Cc1nn(-c2ccccc2)cc1CCCNC(=O)c1cnc(OCC(F)(F)F)c(Cl)c1. The van der Waals surface area contributed by atoms with E-state index in [0.29, 0.717) is 13.0 Å². The smallest absolute Gasteiger partial charge is 0.422 e. The second kappa shape index (κ2) is 9.82.